The molecule has 1 amide bonds. The maximum absolute atomic E-state index is 13.1. The van der Waals surface area contributed by atoms with Gasteiger partial charge in [-0.25, -0.2) is 8.78 Å². The first-order valence-electron chi connectivity index (χ1n) is 6.08. The molecule has 0 unspecified atom stereocenters. The van der Waals surface area contributed by atoms with Gasteiger partial charge in [-0.15, -0.1) is 0 Å². The first-order valence-corrected chi connectivity index (χ1v) is 6.08. The van der Waals surface area contributed by atoms with Gasteiger partial charge in [-0.1, -0.05) is 19.1 Å². The van der Waals surface area contributed by atoms with Crippen molar-refractivity contribution >= 4 is 11.6 Å². The fraction of sp³-hybridized carbons (Fsp3) is 0.462. The number of alkyl halides is 4. The van der Waals surface area contributed by atoms with Crippen molar-refractivity contribution in [2.45, 2.75) is 32.2 Å². The van der Waals surface area contributed by atoms with Crippen LogP contribution in [-0.2, 0) is 11.3 Å². The van der Waals surface area contributed by atoms with Crippen LogP contribution in [0.1, 0.15) is 18.9 Å². The molecular formula is C13H16F4N2O. The average molecular weight is 292 g/mol. The van der Waals surface area contributed by atoms with Crippen LogP contribution in [-0.4, -0.2) is 29.7 Å². The minimum Gasteiger partial charge on any atom is -0.399 e. The summed E-state index contributed by atoms with van der Waals surface area (Å²) >= 11 is 0. The fourth-order valence-electron chi connectivity index (χ4n) is 1.74. The van der Waals surface area contributed by atoms with Crippen LogP contribution in [0.15, 0.2) is 24.3 Å². The minimum absolute atomic E-state index is 0.0318. The molecule has 0 aliphatic heterocycles. The van der Waals surface area contributed by atoms with Crippen LogP contribution in [0.2, 0.25) is 0 Å². The molecule has 2 N–H and O–H groups in total. The number of halogens is 4. The van der Waals surface area contributed by atoms with E-state index in [0.29, 0.717) is 17.7 Å². The first-order chi connectivity index (χ1) is 9.28. The van der Waals surface area contributed by atoms with Crippen molar-refractivity contribution in [2.75, 3.05) is 12.3 Å². The van der Waals surface area contributed by atoms with Gasteiger partial charge in [-0.3, -0.25) is 4.79 Å². The van der Waals surface area contributed by atoms with Gasteiger partial charge in [0.1, 0.15) is 0 Å². The van der Waals surface area contributed by atoms with Gasteiger partial charge in [0.25, 0.3) is 5.91 Å². The zero-order valence-electron chi connectivity index (χ0n) is 11.0. The molecule has 112 valence electrons. The molecule has 0 fully saturated rings. The molecular weight excluding hydrogens is 276 g/mol. The van der Waals surface area contributed by atoms with Crippen LogP contribution in [0.25, 0.3) is 0 Å². The number of nitrogens with two attached hydrogens (primary N) is 1. The summed E-state index contributed by atoms with van der Waals surface area (Å²) < 4.78 is 50.8. The molecule has 0 aromatic heterocycles. The van der Waals surface area contributed by atoms with Crippen LogP contribution in [0.3, 0.4) is 0 Å². The fourth-order valence-corrected chi connectivity index (χ4v) is 1.74. The second-order valence-corrected chi connectivity index (χ2v) is 4.40. The largest absolute Gasteiger partial charge is 0.399 e. The molecule has 1 aromatic rings. The predicted octanol–water partition coefficient (Wildman–Crippen LogP) is 2.91. The summed E-state index contributed by atoms with van der Waals surface area (Å²) in [6.45, 7) is 1.45. The number of rotatable bonds is 6. The molecule has 0 atom stereocenters. The Balaban J connectivity index is 2.92. The lowest BCUT2D eigenvalue weighted by molar-refractivity contribution is -0.181. The average Bonchev–Trinajstić information content (AvgIpc) is 2.37. The molecule has 0 saturated heterocycles. The number of hydrogen-bond acceptors (Lipinski definition) is 2. The Morgan fingerprint density at radius 2 is 2.05 bits per heavy atom. The van der Waals surface area contributed by atoms with E-state index in [2.05, 4.69) is 0 Å². The Morgan fingerprint density at radius 1 is 1.40 bits per heavy atom. The summed E-state index contributed by atoms with van der Waals surface area (Å²) in [6.07, 6.45) is -3.64. The number of carbonyl (C=O) groups excluding carboxylic acids is 1. The Labute approximate surface area is 114 Å². The molecule has 0 spiro atoms. The van der Waals surface area contributed by atoms with E-state index in [1.807, 2.05) is 0 Å². The van der Waals surface area contributed by atoms with Crippen LogP contribution < -0.4 is 5.73 Å². The third kappa shape index (κ3) is 3.85. The van der Waals surface area contributed by atoms with Gasteiger partial charge in [0, 0.05) is 18.8 Å². The second-order valence-electron chi connectivity index (χ2n) is 4.40. The summed E-state index contributed by atoms with van der Waals surface area (Å²) in [7, 11) is 0. The molecule has 0 aliphatic rings. The van der Waals surface area contributed by atoms with Crippen molar-refractivity contribution in [3.05, 3.63) is 29.8 Å². The van der Waals surface area contributed by atoms with Crippen LogP contribution in [0.4, 0.5) is 23.2 Å². The van der Waals surface area contributed by atoms with E-state index in [0.717, 1.165) is 4.90 Å². The standard InChI is InChI=1S/C13H16F4N2O/c1-2-6-19(12(20)13(16,17)11(14)15)8-9-4-3-5-10(18)7-9/h3-5,7,11H,2,6,8,18H2,1H3. The summed E-state index contributed by atoms with van der Waals surface area (Å²) in [5.41, 5.74) is 6.47. The SMILES string of the molecule is CCCN(Cc1cccc(N)c1)C(=O)C(F)(F)C(F)F. The maximum Gasteiger partial charge on any atom is 0.383 e. The number of hydrogen-bond donors (Lipinski definition) is 1. The number of carbonyl (C=O) groups is 1. The molecule has 3 nitrogen and oxygen atoms in total. The molecule has 0 aliphatic carbocycles. The topological polar surface area (TPSA) is 46.3 Å². The molecule has 20 heavy (non-hydrogen) atoms. The van der Waals surface area contributed by atoms with Gasteiger partial charge in [-0.2, -0.15) is 8.78 Å². The summed E-state index contributed by atoms with van der Waals surface area (Å²) in [5.74, 6) is -6.54. The highest BCUT2D eigenvalue weighted by molar-refractivity contribution is 5.84. The predicted molar refractivity (Wildman–Crippen MR) is 67.5 cm³/mol. The zero-order valence-corrected chi connectivity index (χ0v) is 11.0. The van der Waals surface area contributed by atoms with E-state index in [4.69, 9.17) is 5.73 Å². The van der Waals surface area contributed by atoms with Crippen molar-refractivity contribution in [2.24, 2.45) is 0 Å². The number of nitrogen functional groups attached to an aromatic ring is 1. The second kappa shape index (κ2) is 6.58. The number of nitrogens with zero attached hydrogens (tertiary/aromatic N) is 1. The van der Waals surface area contributed by atoms with Crippen molar-refractivity contribution in [1.82, 2.24) is 4.90 Å². The highest BCUT2D eigenvalue weighted by atomic mass is 19.3. The van der Waals surface area contributed by atoms with Crippen LogP contribution >= 0.6 is 0 Å². The lowest BCUT2D eigenvalue weighted by Gasteiger charge is -2.26. The highest BCUT2D eigenvalue weighted by Gasteiger charge is 2.50. The van der Waals surface area contributed by atoms with Gasteiger partial charge in [0.15, 0.2) is 0 Å². The molecule has 1 aromatic carbocycles. The maximum atomic E-state index is 13.1. The quantitative estimate of drug-likeness (QED) is 0.647. The van der Waals surface area contributed by atoms with E-state index in [1.54, 1.807) is 25.1 Å². The minimum atomic E-state index is -4.67. The third-order valence-electron chi connectivity index (χ3n) is 2.66. The highest BCUT2D eigenvalue weighted by Crippen LogP contribution is 2.26. The Kier molecular flexibility index (Phi) is 5.35. The lowest BCUT2D eigenvalue weighted by atomic mass is 10.1. The third-order valence-corrected chi connectivity index (χ3v) is 2.66. The van der Waals surface area contributed by atoms with E-state index in [9.17, 15) is 22.4 Å². The number of amides is 1. The molecule has 0 heterocycles. The van der Waals surface area contributed by atoms with Crippen molar-refractivity contribution < 1.29 is 22.4 Å². The van der Waals surface area contributed by atoms with Gasteiger partial charge >= 0.3 is 12.3 Å². The van der Waals surface area contributed by atoms with Crippen molar-refractivity contribution in [1.29, 1.82) is 0 Å². The molecule has 7 heteroatoms. The van der Waals surface area contributed by atoms with Crippen LogP contribution in [0.5, 0.6) is 0 Å². The smallest absolute Gasteiger partial charge is 0.383 e. The zero-order chi connectivity index (χ0) is 15.3. The lowest BCUT2D eigenvalue weighted by Crippen LogP contribution is -2.47. The Bertz CT molecular complexity index is 465. The first kappa shape index (κ1) is 16.3. The van der Waals surface area contributed by atoms with Gasteiger partial charge < -0.3 is 10.6 Å². The normalized spacial score (nSPS) is 11.7. The van der Waals surface area contributed by atoms with Crippen molar-refractivity contribution in [3.63, 3.8) is 0 Å². The van der Waals surface area contributed by atoms with E-state index >= 15 is 0 Å². The molecule has 1 rings (SSSR count). The molecule has 0 radical (unpaired) electrons. The van der Waals surface area contributed by atoms with E-state index < -0.39 is 18.3 Å². The summed E-state index contributed by atoms with van der Waals surface area (Å²) in [6, 6.07) is 6.30. The van der Waals surface area contributed by atoms with Gasteiger partial charge in [0.05, 0.1) is 0 Å². The number of benzene rings is 1. The molecule has 0 bridgehead atoms. The van der Waals surface area contributed by atoms with Gasteiger partial charge in [-0.05, 0) is 24.1 Å². The van der Waals surface area contributed by atoms with Gasteiger partial charge in [0.2, 0.25) is 0 Å². The van der Waals surface area contributed by atoms with Crippen LogP contribution in [0, 0.1) is 0 Å². The summed E-state index contributed by atoms with van der Waals surface area (Å²) in [5, 5.41) is 0. The monoisotopic (exact) mass is 292 g/mol. The Morgan fingerprint density at radius 3 is 2.55 bits per heavy atom. The van der Waals surface area contributed by atoms with E-state index in [1.165, 1.54) is 6.07 Å². The summed E-state index contributed by atoms with van der Waals surface area (Å²) in [4.78, 5) is 12.3. The van der Waals surface area contributed by atoms with E-state index in [-0.39, 0.29) is 13.1 Å². The van der Waals surface area contributed by atoms with Crippen molar-refractivity contribution in [3.8, 4) is 0 Å². The Hall–Kier alpha value is -1.79. The molecule has 0 saturated carbocycles. The number of anilines is 1.